The van der Waals surface area contributed by atoms with Gasteiger partial charge in [0.2, 0.25) is 0 Å². The number of carbonyl (C=O) groups is 1. The Hall–Kier alpha value is -2.15. The van der Waals surface area contributed by atoms with Crippen LogP contribution in [-0.2, 0) is 4.79 Å². The van der Waals surface area contributed by atoms with Gasteiger partial charge in [-0.3, -0.25) is 4.79 Å². The van der Waals surface area contributed by atoms with Gasteiger partial charge in [0.25, 0.3) is 0 Å². The molecule has 0 fully saturated rings. The van der Waals surface area contributed by atoms with E-state index in [4.69, 9.17) is 14.6 Å². The van der Waals surface area contributed by atoms with Gasteiger partial charge in [-0.25, -0.2) is 4.98 Å². The first-order valence-electron chi connectivity index (χ1n) is 5.76. The summed E-state index contributed by atoms with van der Waals surface area (Å²) >= 11 is 1.14. The van der Waals surface area contributed by atoms with Crippen molar-refractivity contribution in [2.75, 3.05) is 20.0 Å². The fourth-order valence-corrected chi connectivity index (χ4v) is 2.23. The van der Waals surface area contributed by atoms with E-state index in [-0.39, 0.29) is 5.75 Å². The third-order valence-electron chi connectivity index (χ3n) is 2.58. The van der Waals surface area contributed by atoms with Crippen LogP contribution in [0.4, 0.5) is 0 Å². The van der Waals surface area contributed by atoms with Gasteiger partial charge in [-0.05, 0) is 18.2 Å². The van der Waals surface area contributed by atoms with Gasteiger partial charge in [0.1, 0.15) is 0 Å². The molecule has 0 radical (unpaired) electrons. The lowest BCUT2D eigenvalue weighted by molar-refractivity contribution is -0.133. The van der Waals surface area contributed by atoms with E-state index < -0.39 is 5.97 Å². The fraction of sp³-hybridized carbons (Fsp3) is 0.231. The molecule has 2 aromatic rings. The number of methoxy groups -OCH3 is 2. The third kappa shape index (κ3) is 3.24. The predicted molar refractivity (Wildman–Crippen MR) is 75.5 cm³/mol. The normalized spacial score (nSPS) is 10.3. The summed E-state index contributed by atoms with van der Waals surface area (Å²) in [6.07, 6.45) is 1.66. The minimum Gasteiger partial charge on any atom is -0.493 e. The van der Waals surface area contributed by atoms with Crippen LogP contribution in [0.3, 0.4) is 0 Å². The van der Waals surface area contributed by atoms with E-state index in [0.717, 1.165) is 23.0 Å². The lowest BCUT2D eigenvalue weighted by Crippen LogP contribution is -1.97. The first-order chi connectivity index (χ1) is 9.63. The SMILES string of the molecule is COc1ccc(-c2cnc(SCC(=O)O)[nH]2)cc1OC. The number of imidazole rings is 1. The van der Waals surface area contributed by atoms with Crippen molar-refractivity contribution in [2.45, 2.75) is 5.16 Å². The molecule has 0 aliphatic rings. The molecule has 2 N–H and O–H groups in total. The molecule has 0 aliphatic carbocycles. The molecule has 20 heavy (non-hydrogen) atoms. The summed E-state index contributed by atoms with van der Waals surface area (Å²) in [5.74, 6) is 0.369. The van der Waals surface area contributed by atoms with Gasteiger partial charge in [-0.1, -0.05) is 11.8 Å². The maximum absolute atomic E-state index is 10.5. The van der Waals surface area contributed by atoms with Crippen LogP contribution in [0.25, 0.3) is 11.3 Å². The number of hydrogen-bond donors (Lipinski definition) is 2. The lowest BCUT2D eigenvalue weighted by Gasteiger charge is -2.08. The molecule has 0 unspecified atom stereocenters. The molecule has 0 bridgehead atoms. The second-order valence-electron chi connectivity index (χ2n) is 3.85. The van der Waals surface area contributed by atoms with Crippen LogP contribution in [-0.4, -0.2) is 41.0 Å². The number of carboxylic acids is 1. The van der Waals surface area contributed by atoms with Gasteiger partial charge < -0.3 is 19.6 Å². The summed E-state index contributed by atoms with van der Waals surface area (Å²) in [5.41, 5.74) is 1.68. The number of nitrogens with one attached hydrogen (secondary N) is 1. The summed E-state index contributed by atoms with van der Waals surface area (Å²) in [4.78, 5) is 17.7. The smallest absolute Gasteiger partial charge is 0.313 e. The van der Waals surface area contributed by atoms with E-state index >= 15 is 0 Å². The Balaban J connectivity index is 2.21. The van der Waals surface area contributed by atoms with E-state index in [9.17, 15) is 4.79 Å². The molecule has 1 heterocycles. The largest absolute Gasteiger partial charge is 0.493 e. The van der Waals surface area contributed by atoms with Crippen molar-refractivity contribution in [1.29, 1.82) is 0 Å². The van der Waals surface area contributed by atoms with Crippen molar-refractivity contribution in [3.05, 3.63) is 24.4 Å². The molecule has 2 rings (SSSR count). The highest BCUT2D eigenvalue weighted by atomic mass is 32.2. The highest BCUT2D eigenvalue weighted by Gasteiger charge is 2.09. The van der Waals surface area contributed by atoms with Crippen LogP contribution < -0.4 is 9.47 Å². The maximum Gasteiger partial charge on any atom is 0.313 e. The highest BCUT2D eigenvalue weighted by Crippen LogP contribution is 2.32. The van der Waals surface area contributed by atoms with Crippen molar-refractivity contribution in [3.63, 3.8) is 0 Å². The number of hydrogen-bond acceptors (Lipinski definition) is 5. The molecule has 0 amide bonds. The fourth-order valence-electron chi connectivity index (χ4n) is 1.66. The number of thioether (sulfide) groups is 1. The van der Waals surface area contributed by atoms with E-state index in [0.29, 0.717) is 16.7 Å². The van der Waals surface area contributed by atoms with Crippen LogP contribution in [0.1, 0.15) is 0 Å². The minimum absolute atomic E-state index is 0.0289. The standard InChI is InChI=1S/C13H14N2O4S/c1-18-10-4-3-8(5-11(10)19-2)9-6-14-13(15-9)20-7-12(16)17/h3-6H,7H2,1-2H3,(H,14,15)(H,16,17). The molecule has 7 heteroatoms. The van der Waals surface area contributed by atoms with E-state index in [1.165, 1.54) is 0 Å². The minimum atomic E-state index is -0.876. The van der Waals surface area contributed by atoms with Gasteiger partial charge in [-0.2, -0.15) is 0 Å². The van der Waals surface area contributed by atoms with Gasteiger partial charge in [0, 0.05) is 5.56 Å². The second-order valence-corrected chi connectivity index (χ2v) is 4.82. The van der Waals surface area contributed by atoms with E-state index in [1.54, 1.807) is 26.5 Å². The molecule has 1 aromatic carbocycles. The Morgan fingerprint density at radius 1 is 1.35 bits per heavy atom. The first-order valence-corrected chi connectivity index (χ1v) is 6.74. The predicted octanol–water partition coefficient (Wildman–Crippen LogP) is 2.27. The van der Waals surface area contributed by atoms with Crippen LogP contribution in [0.15, 0.2) is 29.6 Å². The van der Waals surface area contributed by atoms with E-state index in [1.807, 2.05) is 12.1 Å². The quantitative estimate of drug-likeness (QED) is 0.795. The molecule has 0 atom stereocenters. The summed E-state index contributed by atoms with van der Waals surface area (Å²) in [6, 6.07) is 5.51. The molecule has 1 aromatic heterocycles. The maximum atomic E-state index is 10.5. The van der Waals surface area contributed by atoms with Crippen molar-refractivity contribution in [1.82, 2.24) is 9.97 Å². The zero-order valence-corrected chi connectivity index (χ0v) is 11.9. The number of H-pyrrole nitrogens is 1. The zero-order chi connectivity index (χ0) is 14.5. The molecule has 106 valence electrons. The Morgan fingerprint density at radius 2 is 2.10 bits per heavy atom. The van der Waals surface area contributed by atoms with Crippen molar-refractivity contribution in [2.24, 2.45) is 0 Å². The number of nitrogens with zero attached hydrogens (tertiary/aromatic N) is 1. The summed E-state index contributed by atoms with van der Waals surface area (Å²) in [7, 11) is 3.15. The van der Waals surface area contributed by atoms with Crippen LogP contribution in [0.5, 0.6) is 11.5 Å². The van der Waals surface area contributed by atoms with Crippen LogP contribution in [0.2, 0.25) is 0 Å². The van der Waals surface area contributed by atoms with Crippen molar-refractivity contribution in [3.8, 4) is 22.8 Å². The van der Waals surface area contributed by atoms with Gasteiger partial charge in [0.05, 0.1) is 31.9 Å². The molecule has 0 saturated heterocycles. The number of aromatic amines is 1. The number of carboxylic acid groups (broad SMARTS) is 1. The van der Waals surface area contributed by atoms with Gasteiger partial charge in [-0.15, -0.1) is 0 Å². The second kappa shape index (κ2) is 6.33. The Kier molecular flexibility index (Phi) is 4.52. The topological polar surface area (TPSA) is 84.4 Å². The molecule has 6 nitrogen and oxygen atoms in total. The van der Waals surface area contributed by atoms with Crippen LogP contribution in [0, 0.1) is 0 Å². The highest BCUT2D eigenvalue weighted by molar-refractivity contribution is 7.99. The molecule has 0 saturated carbocycles. The number of benzene rings is 1. The Labute approximate surface area is 120 Å². The average molecular weight is 294 g/mol. The molecular formula is C13H14N2O4S. The Bertz CT molecular complexity index is 612. The lowest BCUT2D eigenvalue weighted by atomic mass is 10.1. The monoisotopic (exact) mass is 294 g/mol. The zero-order valence-electron chi connectivity index (χ0n) is 11.0. The van der Waals surface area contributed by atoms with Crippen molar-refractivity contribution >= 4 is 17.7 Å². The van der Waals surface area contributed by atoms with Crippen LogP contribution >= 0.6 is 11.8 Å². The molecular weight excluding hydrogens is 280 g/mol. The third-order valence-corrected chi connectivity index (χ3v) is 3.45. The summed E-state index contributed by atoms with van der Waals surface area (Å²) in [5, 5.41) is 9.20. The number of aromatic nitrogens is 2. The molecule has 0 aliphatic heterocycles. The number of rotatable bonds is 6. The first kappa shape index (κ1) is 14.3. The molecule has 0 spiro atoms. The Morgan fingerprint density at radius 3 is 2.75 bits per heavy atom. The van der Waals surface area contributed by atoms with Gasteiger partial charge in [0.15, 0.2) is 16.7 Å². The number of ether oxygens (including phenoxy) is 2. The van der Waals surface area contributed by atoms with Gasteiger partial charge >= 0.3 is 5.97 Å². The van der Waals surface area contributed by atoms with Crippen molar-refractivity contribution < 1.29 is 19.4 Å². The summed E-state index contributed by atoms with van der Waals surface area (Å²) in [6.45, 7) is 0. The van der Waals surface area contributed by atoms with E-state index in [2.05, 4.69) is 9.97 Å². The summed E-state index contributed by atoms with van der Waals surface area (Å²) < 4.78 is 10.4. The average Bonchev–Trinajstić information content (AvgIpc) is 2.93. The number of aliphatic carboxylic acids is 1.